The van der Waals surface area contributed by atoms with Crippen molar-refractivity contribution in [3.05, 3.63) is 60.7 Å². The Kier molecular flexibility index (Phi) is 13.7. The van der Waals surface area contributed by atoms with Gasteiger partial charge in [0, 0.05) is 46.3 Å². The Morgan fingerprint density at radius 2 is 1.72 bits per heavy atom. The monoisotopic (exact) mass is 988 g/mol. The lowest BCUT2D eigenvalue weighted by Gasteiger charge is -2.34. The molecule has 3 aromatic rings. The molecule has 0 radical (unpaired) electrons. The van der Waals surface area contributed by atoms with Gasteiger partial charge < -0.3 is 39.4 Å². The molecule has 0 spiro atoms. The van der Waals surface area contributed by atoms with Crippen LogP contribution >= 0.6 is 0 Å². The summed E-state index contributed by atoms with van der Waals surface area (Å²) in [5.74, 6) is -3.02. The number of benzene rings is 2. The minimum Gasteiger partial charge on any atom is -0.497 e. The van der Waals surface area contributed by atoms with Crippen LogP contribution < -0.4 is 29.7 Å². The van der Waals surface area contributed by atoms with Crippen LogP contribution in [0.4, 0.5) is 23.7 Å². The van der Waals surface area contributed by atoms with Crippen LogP contribution in [0.15, 0.2) is 60.7 Å². The van der Waals surface area contributed by atoms with Gasteiger partial charge in [0.1, 0.15) is 29.5 Å². The maximum atomic E-state index is 15.1. The molecule has 7 atom stereocenters. The molecule has 20 heteroatoms. The number of rotatable bonds is 10. The van der Waals surface area contributed by atoms with Crippen molar-refractivity contribution in [3.8, 4) is 22.9 Å². The molecule has 5 aliphatic rings. The van der Waals surface area contributed by atoms with E-state index in [4.69, 9.17) is 23.9 Å². The summed E-state index contributed by atoms with van der Waals surface area (Å²) in [5, 5.41) is 6.57. The summed E-state index contributed by atoms with van der Waals surface area (Å²) >= 11 is 0. The van der Waals surface area contributed by atoms with E-state index < -0.39 is 85.9 Å². The average molecular weight is 989 g/mol. The average Bonchev–Trinajstić information content (AvgIpc) is 4.19. The molecule has 4 amide bonds. The number of hydrogen-bond donors (Lipinski definition) is 3. The summed E-state index contributed by atoms with van der Waals surface area (Å²) in [6, 6.07) is 12.4. The highest BCUT2D eigenvalue weighted by molar-refractivity contribution is 7.91. The highest BCUT2D eigenvalue weighted by Crippen LogP contribution is 2.48. The molecule has 2 saturated carbocycles. The van der Waals surface area contributed by atoms with Gasteiger partial charge in [-0.15, -0.1) is 0 Å². The van der Waals surface area contributed by atoms with Gasteiger partial charge in [-0.05, 0) is 113 Å². The molecule has 2 saturated heterocycles. The van der Waals surface area contributed by atoms with Crippen LogP contribution in [0.2, 0.25) is 0 Å². The Morgan fingerprint density at radius 1 is 1.01 bits per heavy atom. The first kappa shape index (κ1) is 49.8. The summed E-state index contributed by atoms with van der Waals surface area (Å²) < 4.78 is 92.2. The van der Waals surface area contributed by atoms with E-state index in [1.165, 1.54) is 4.90 Å². The fourth-order valence-electron chi connectivity index (χ4n) is 9.43. The Labute approximate surface area is 404 Å². The molecule has 4 heterocycles. The fraction of sp³-hybridized carbons (Fsp3) is 0.571. The van der Waals surface area contributed by atoms with Gasteiger partial charge in [-0.1, -0.05) is 38.1 Å². The number of sulfonamides is 1. The molecule has 16 nitrogen and oxygen atoms in total. The number of amides is 4. The molecule has 0 bridgehead atoms. The first-order chi connectivity index (χ1) is 32.5. The fourth-order valence-corrected chi connectivity index (χ4v) is 10.7. The molecule has 3 aliphatic heterocycles. The van der Waals surface area contributed by atoms with Gasteiger partial charge in [0.25, 0.3) is 5.91 Å². The van der Waals surface area contributed by atoms with E-state index in [0.717, 1.165) is 29.7 Å². The number of ether oxygens (including phenoxy) is 4. The van der Waals surface area contributed by atoms with Crippen LogP contribution in [0.3, 0.4) is 0 Å². The SMILES string of the molecule is COc1ccc2c(O[C@@H]3C[C@H]4C(=O)N[C@]5(C(=O)NS(=O)(=O)C6(C)CC6)C[C@H]5/C=C\CC[C@H](C)C[C@@H](C)[C@H](NC(=O)OC(C)(C)C(F)(F)F)C(=O)N4C3)nc(-c3ccc(N4CCOCC4)cc3)cc2c1.[HH].[HH].[HH]. The Balaban J connectivity index is 0.00000321. The molecule has 3 N–H and O–H groups in total. The van der Waals surface area contributed by atoms with Crippen molar-refractivity contribution in [1.29, 1.82) is 0 Å². The third kappa shape index (κ3) is 10.5. The van der Waals surface area contributed by atoms with Gasteiger partial charge in [0.2, 0.25) is 33.3 Å². The first-order valence-electron chi connectivity index (χ1n) is 23.5. The number of morpholine rings is 1. The van der Waals surface area contributed by atoms with E-state index in [2.05, 4.69) is 20.3 Å². The summed E-state index contributed by atoms with van der Waals surface area (Å²) in [4.78, 5) is 65.8. The third-order valence-corrected chi connectivity index (χ3v) is 16.5. The van der Waals surface area contributed by atoms with Crippen molar-refractivity contribution in [3.63, 3.8) is 0 Å². The highest BCUT2D eigenvalue weighted by atomic mass is 32.2. The van der Waals surface area contributed by atoms with Crippen molar-refractivity contribution in [2.75, 3.05) is 44.9 Å². The molecule has 4 fully saturated rings. The second kappa shape index (κ2) is 18.9. The van der Waals surface area contributed by atoms with Gasteiger partial charge in [-0.3, -0.25) is 19.1 Å². The number of nitrogens with zero attached hydrogens (tertiary/aromatic N) is 3. The Hall–Kier alpha value is -5.63. The van der Waals surface area contributed by atoms with Gasteiger partial charge >= 0.3 is 12.3 Å². The standard InChI is InChI=1S/C49H61F3N6O10S.3H2/c1-29-9-7-8-10-33-27-48(33,44(61)56-69(63,64)47(5)17-18-47)55-41(59)39-26-36(28-58(39)43(60)40(30(2)23-29)54-45(62)68-46(3,4)49(50,51)52)67-42-37-16-15-35(65-6)24-32(37)25-38(53-42)31-11-13-34(14-12-31)57-19-21-66-22-20-57;;;/h8,10-16,24-25,29-30,33,36,39-40H,7,9,17-23,26-28H2,1-6H3,(H,54,62)(H,55,59)(H,56,61);3*1H/b10-8-;;;/t29-,30+,33+,36+,39-,40-,48+;;;/m0.../s1. The lowest BCUT2D eigenvalue weighted by atomic mass is 9.88. The normalized spacial score (nSPS) is 28.0. The van der Waals surface area contributed by atoms with Crippen molar-refractivity contribution >= 4 is 50.3 Å². The predicted molar refractivity (Wildman–Crippen MR) is 256 cm³/mol. The minimum atomic E-state index is -4.93. The third-order valence-electron chi connectivity index (χ3n) is 14.4. The van der Waals surface area contributed by atoms with E-state index in [9.17, 15) is 36.0 Å². The van der Waals surface area contributed by atoms with E-state index in [0.29, 0.717) is 76.0 Å². The number of halogens is 3. The molecule has 380 valence electrons. The number of aromatic nitrogens is 1. The largest absolute Gasteiger partial charge is 0.497 e. The van der Waals surface area contributed by atoms with Crippen molar-refractivity contribution < 1.29 is 64.0 Å². The maximum Gasteiger partial charge on any atom is 0.427 e. The van der Waals surface area contributed by atoms with Gasteiger partial charge in [-0.25, -0.2) is 18.2 Å². The smallest absolute Gasteiger partial charge is 0.427 e. The van der Waals surface area contributed by atoms with Gasteiger partial charge in [0.15, 0.2) is 0 Å². The molecule has 0 unspecified atom stereocenters. The van der Waals surface area contributed by atoms with Crippen LogP contribution in [-0.4, -0.2) is 122 Å². The van der Waals surface area contributed by atoms with Crippen LogP contribution in [0.5, 0.6) is 11.6 Å². The van der Waals surface area contributed by atoms with Crippen LogP contribution in [0, 0.1) is 17.8 Å². The van der Waals surface area contributed by atoms with Crippen LogP contribution in [0.25, 0.3) is 22.0 Å². The maximum absolute atomic E-state index is 15.1. The second-order valence-corrected chi connectivity index (χ2v) is 22.2. The Morgan fingerprint density at radius 3 is 2.39 bits per heavy atom. The number of hydrogen-bond acceptors (Lipinski definition) is 12. The number of pyridine rings is 1. The van der Waals surface area contributed by atoms with Gasteiger partial charge in [0.05, 0.1) is 37.3 Å². The molecule has 8 rings (SSSR count). The predicted octanol–water partition coefficient (Wildman–Crippen LogP) is 7.15. The summed E-state index contributed by atoms with van der Waals surface area (Å²) in [6.07, 6.45) is -1.52. The van der Waals surface area contributed by atoms with Crippen molar-refractivity contribution in [2.45, 2.75) is 120 Å². The molecular formula is C49H67F3N6O10S. The number of alkyl carbamates (subject to hydrolysis) is 1. The molecule has 69 heavy (non-hydrogen) atoms. The first-order valence-corrected chi connectivity index (χ1v) is 25.0. The van der Waals surface area contributed by atoms with E-state index in [1.807, 2.05) is 49.4 Å². The van der Waals surface area contributed by atoms with E-state index >= 15 is 4.79 Å². The van der Waals surface area contributed by atoms with Crippen molar-refractivity contribution in [2.24, 2.45) is 17.8 Å². The number of fused-ring (bicyclic) bond motifs is 3. The zero-order chi connectivity index (χ0) is 49.7. The number of carbonyl (C=O) groups excluding carboxylic acids is 4. The second-order valence-electron chi connectivity index (χ2n) is 20.0. The lowest BCUT2D eigenvalue weighted by molar-refractivity contribution is -0.244. The summed E-state index contributed by atoms with van der Waals surface area (Å²) in [5.41, 5.74) is -2.21. The summed E-state index contributed by atoms with van der Waals surface area (Å²) in [6.45, 7) is 9.11. The van der Waals surface area contributed by atoms with E-state index in [1.54, 1.807) is 39.2 Å². The number of carbonyl (C=O) groups is 4. The number of alkyl halides is 3. The Bertz CT molecular complexity index is 2620. The minimum absolute atomic E-state index is 0. The number of nitrogens with one attached hydrogen (secondary N) is 3. The zero-order valence-corrected chi connectivity index (χ0v) is 40.5. The van der Waals surface area contributed by atoms with E-state index in [-0.39, 0.29) is 35.5 Å². The number of anilines is 1. The quantitative estimate of drug-likeness (QED) is 0.174. The summed E-state index contributed by atoms with van der Waals surface area (Å²) in [7, 11) is -2.56. The zero-order valence-electron chi connectivity index (χ0n) is 39.7. The molecule has 1 aromatic heterocycles. The molecule has 2 aromatic carbocycles. The van der Waals surface area contributed by atoms with Crippen molar-refractivity contribution in [1.82, 2.24) is 25.2 Å². The molecule has 2 aliphatic carbocycles. The van der Waals surface area contributed by atoms with Gasteiger partial charge in [-0.2, -0.15) is 13.2 Å². The van der Waals surface area contributed by atoms with Crippen LogP contribution in [0.1, 0.15) is 83.8 Å². The lowest BCUT2D eigenvalue weighted by Crippen LogP contribution is -2.59. The number of allylic oxidation sites excluding steroid dienone is 1. The highest BCUT2D eigenvalue weighted by Gasteiger charge is 2.63. The molecular weight excluding hydrogens is 922 g/mol. The number of methoxy groups -OCH3 is 1. The van der Waals surface area contributed by atoms with Crippen LogP contribution in [-0.2, 0) is 33.9 Å². The topological polar surface area (TPSA) is 195 Å².